The van der Waals surface area contributed by atoms with Crippen molar-refractivity contribution in [1.82, 2.24) is 19.9 Å². The van der Waals surface area contributed by atoms with Gasteiger partial charge in [-0.1, -0.05) is 0 Å². The van der Waals surface area contributed by atoms with Crippen LogP contribution < -0.4 is 11.1 Å². The lowest BCUT2D eigenvalue weighted by atomic mass is 10.1. The first-order valence-corrected chi connectivity index (χ1v) is 7.14. The number of nitrogens with two attached hydrogens (primary N) is 1. The number of aliphatic hydroxyl groups excluding tert-OH is 1. The van der Waals surface area contributed by atoms with Crippen LogP contribution in [0.25, 0.3) is 11.0 Å². The van der Waals surface area contributed by atoms with Gasteiger partial charge in [0.15, 0.2) is 5.65 Å². The van der Waals surface area contributed by atoms with Gasteiger partial charge in [0.05, 0.1) is 12.0 Å². The van der Waals surface area contributed by atoms with E-state index in [1.165, 1.54) is 0 Å². The number of nitrogens with one attached hydrogen (secondary N) is 1. The third-order valence-electron chi connectivity index (χ3n) is 3.87. The summed E-state index contributed by atoms with van der Waals surface area (Å²) in [6.45, 7) is 2.07. The molecule has 0 aliphatic carbocycles. The predicted molar refractivity (Wildman–Crippen MR) is 81.8 cm³/mol. The molecule has 0 radical (unpaired) electrons. The molecule has 1 fully saturated rings. The third kappa shape index (κ3) is 3.03. The lowest BCUT2D eigenvalue weighted by Crippen LogP contribution is -2.37. The number of piperidine rings is 1. The predicted octanol–water partition coefficient (Wildman–Crippen LogP) is 0.605. The quantitative estimate of drug-likeness (QED) is 0.760. The second kappa shape index (κ2) is 5.79. The maximum atomic E-state index is 9.14. The molecule has 2 aromatic rings. The van der Waals surface area contributed by atoms with Gasteiger partial charge in [0.2, 0.25) is 5.95 Å². The van der Waals surface area contributed by atoms with E-state index in [1.807, 2.05) is 0 Å². The van der Waals surface area contributed by atoms with Crippen molar-refractivity contribution in [2.75, 3.05) is 31.2 Å². The summed E-state index contributed by atoms with van der Waals surface area (Å²) in [6, 6.07) is 2.14. The largest absolute Gasteiger partial charge is 0.392 e. The van der Waals surface area contributed by atoms with Crippen LogP contribution in [0.5, 0.6) is 0 Å². The molecular formula is C14H20N6O. The number of hydrogen-bond donors (Lipinski definition) is 3. The molecule has 1 aliphatic heterocycles. The Morgan fingerprint density at radius 3 is 2.86 bits per heavy atom. The van der Waals surface area contributed by atoms with E-state index < -0.39 is 0 Å². The monoisotopic (exact) mass is 288 g/mol. The SMILES string of the molecule is CN1CCC(Nc2nc(N)c3cc(CO)cnc3n2)CC1. The number of hydrogen-bond acceptors (Lipinski definition) is 7. The molecule has 0 saturated carbocycles. The summed E-state index contributed by atoms with van der Waals surface area (Å²) in [6.07, 6.45) is 3.73. The minimum absolute atomic E-state index is 0.0715. The van der Waals surface area contributed by atoms with E-state index in [4.69, 9.17) is 10.8 Å². The second-order valence-electron chi connectivity index (χ2n) is 5.53. The molecule has 4 N–H and O–H groups in total. The number of fused-ring (bicyclic) bond motifs is 1. The Kier molecular flexibility index (Phi) is 3.85. The maximum absolute atomic E-state index is 9.14. The molecule has 7 heteroatoms. The van der Waals surface area contributed by atoms with Crippen LogP contribution in [0.2, 0.25) is 0 Å². The van der Waals surface area contributed by atoms with Gasteiger partial charge in [-0.3, -0.25) is 0 Å². The molecule has 0 atom stereocenters. The van der Waals surface area contributed by atoms with Crippen LogP contribution in [0, 0.1) is 0 Å². The van der Waals surface area contributed by atoms with Crippen molar-refractivity contribution in [1.29, 1.82) is 0 Å². The Balaban J connectivity index is 1.83. The first-order chi connectivity index (χ1) is 10.2. The zero-order chi connectivity index (χ0) is 14.8. The maximum Gasteiger partial charge on any atom is 0.226 e. The zero-order valence-electron chi connectivity index (χ0n) is 12.1. The van der Waals surface area contributed by atoms with E-state index in [0.717, 1.165) is 25.9 Å². The summed E-state index contributed by atoms with van der Waals surface area (Å²) >= 11 is 0. The van der Waals surface area contributed by atoms with Crippen molar-refractivity contribution in [2.45, 2.75) is 25.5 Å². The summed E-state index contributed by atoms with van der Waals surface area (Å²) in [5.74, 6) is 0.914. The van der Waals surface area contributed by atoms with E-state index in [9.17, 15) is 0 Å². The minimum atomic E-state index is -0.0715. The second-order valence-corrected chi connectivity index (χ2v) is 5.53. The van der Waals surface area contributed by atoms with E-state index in [-0.39, 0.29) is 6.61 Å². The Morgan fingerprint density at radius 1 is 1.38 bits per heavy atom. The van der Waals surface area contributed by atoms with Gasteiger partial charge < -0.3 is 21.1 Å². The number of nitrogen functional groups attached to an aromatic ring is 1. The van der Waals surface area contributed by atoms with Crippen molar-refractivity contribution in [3.63, 3.8) is 0 Å². The van der Waals surface area contributed by atoms with E-state index in [2.05, 4.69) is 32.2 Å². The summed E-state index contributed by atoms with van der Waals surface area (Å²) in [5.41, 5.74) is 7.24. The van der Waals surface area contributed by atoms with Gasteiger partial charge in [-0.05, 0) is 44.6 Å². The first-order valence-electron chi connectivity index (χ1n) is 7.14. The number of anilines is 2. The highest BCUT2D eigenvalue weighted by atomic mass is 16.3. The van der Waals surface area contributed by atoms with E-state index >= 15 is 0 Å². The molecule has 0 bridgehead atoms. The summed E-state index contributed by atoms with van der Waals surface area (Å²) in [5, 5.41) is 13.2. The topological polar surface area (TPSA) is 100 Å². The fraction of sp³-hybridized carbons (Fsp3) is 0.500. The van der Waals surface area contributed by atoms with Gasteiger partial charge in [0.25, 0.3) is 0 Å². The normalized spacial score (nSPS) is 17.2. The average Bonchev–Trinajstić information content (AvgIpc) is 2.49. The third-order valence-corrected chi connectivity index (χ3v) is 3.87. The molecule has 21 heavy (non-hydrogen) atoms. The van der Waals surface area contributed by atoms with Crippen molar-refractivity contribution >= 4 is 22.8 Å². The van der Waals surface area contributed by atoms with Crippen LogP contribution in [0.4, 0.5) is 11.8 Å². The molecular weight excluding hydrogens is 268 g/mol. The fourth-order valence-corrected chi connectivity index (χ4v) is 2.56. The number of pyridine rings is 1. The Morgan fingerprint density at radius 2 is 2.14 bits per heavy atom. The summed E-state index contributed by atoms with van der Waals surface area (Å²) < 4.78 is 0. The lowest BCUT2D eigenvalue weighted by molar-refractivity contribution is 0.263. The molecule has 0 aromatic carbocycles. The van der Waals surface area contributed by atoms with Gasteiger partial charge in [0, 0.05) is 12.2 Å². The number of likely N-dealkylation sites (tertiary alicyclic amines) is 1. The van der Waals surface area contributed by atoms with Crippen LogP contribution >= 0.6 is 0 Å². The molecule has 0 spiro atoms. The Hall–Kier alpha value is -1.99. The summed E-state index contributed by atoms with van der Waals surface area (Å²) in [7, 11) is 2.13. The highest BCUT2D eigenvalue weighted by Gasteiger charge is 2.18. The molecule has 1 aliphatic rings. The molecule has 3 heterocycles. The first kappa shape index (κ1) is 14.0. The van der Waals surface area contributed by atoms with E-state index in [1.54, 1.807) is 12.3 Å². The van der Waals surface area contributed by atoms with Crippen LogP contribution in [0.15, 0.2) is 12.3 Å². The van der Waals surface area contributed by atoms with Crippen LogP contribution in [-0.2, 0) is 6.61 Å². The molecule has 7 nitrogen and oxygen atoms in total. The van der Waals surface area contributed by atoms with Crippen molar-refractivity contribution < 1.29 is 5.11 Å². The Bertz CT molecular complexity index is 639. The van der Waals surface area contributed by atoms with Crippen LogP contribution in [-0.4, -0.2) is 51.1 Å². The highest BCUT2D eigenvalue weighted by molar-refractivity contribution is 5.86. The van der Waals surface area contributed by atoms with Gasteiger partial charge in [-0.2, -0.15) is 9.97 Å². The molecule has 0 amide bonds. The number of aliphatic hydroxyl groups is 1. The van der Waals surface area contributed by atoms with Crippen molar-refractivity contribution in [2.24, 2.45) is 0 Å². The van der Waals surface area contributed by atoms with Crippen molar-refractivity contribution in [3.05, 3.63) is 17.8 Å². The zero-order valence-corrected chi connectivity index (χ0v) is 12.1. The van der Waals surface area contributed by atoms with Crippen molar-refractivity contribution in [3.8, 4) is 0 Å². The van der Waals surface area contributed by atoms with Crippen LogP contribution in [0.1, 0.15) is 18.4 Å². The number of nitrogens with zero attached hydrogens (tertiary/aromatic N) is 4. The van der Waals surface area contributed by atoms with Gasteiger partial charge in [-0.15, -0.1) is 0 Å². The molecule has 2 aromatic heterocycles. The minimum Gasteiger partial charge on any atom is -0.392 e. The molecule has 3 rings (SSSR count). The van der Waals surface area contributed by atoms with Gasteiger partial charge >= 0.3 is 0 Å². The van der Waals surface area contributed by atoms with Gasteiger partial charge in [-0.25, -0.2) is 4.98 Å². The van der Waals surface area contributed by atoms with Gasteiger partial charge in [0.1, 0.15) is 5.82 Å². The standard InChI is InChI=1S/C14H20N6O/c1-20-4-2-10(3-5-20)17-14-18-12(15)11-6-9(8-21)7-16-13(11)19-14/h6-7,10,21H,2-5,8H2,1H3,(H3,15,16,17,18,19). The fourth-order valence-electron chi connectivity index (χ4n) is 2.56. The van der Waals surface area contributed by atoms with E-state index in [0.29, 0.717) is 34.4 Å². The molecule has 1 saturated heterocycles. The molecule has 112 valence electrons. The Labute approximate surface area is 123 Å². The lowest BCUT2D eigenvalue weighted by Gasteiger charge is -2.29. The number of aromatic nitrogens is 3. The number of rotatable bonds is 3. The average molecular weight is 288 g/mol. The molecule has 0 unspecified atom stereocenters. The smallest absolute Gasteiger partial charge is 0.226 e. The summed E-state index contributed by atoms with van der Waals surface area (Å²) in [4.78, 5) is 15.3. The highest BCUT2D eigenvalue weighted by Crippen LogP contribution is 2.20. The van der Waals surface area contributed by atoms with Crippen LogP contribution in [0.3, 0.4) is 0 Å².